The van der Waals surface area contributed by atoms with Crippen LogP contribution >= 0.6 is 0 Å². The zero-order valence-electron chi connectivity index (χ0n) is 37.2. The summed E-state index contributed by atoms with van der Waals surface area (Å²) in [6.07, 6.45) is 5.05. The molecule has 1 aromatic carbocycles. The van der Waals surface area contributed by atoms with Gasteiger partial charge in [0.2, 0.25) is 17.6 Å². The number of benzene rings is 1. The number of aliphatic hydroxyl groups excluding tert-OH is 2. The topological polar surface area (TPSA) is 185 Å². The number of carbonyl (C=O) groups is 2. The highest BCUT2D eigenvalue weighted by molar-refractivity contribution is 5.98. The van der Waals surface area contributed by atoms with Crippen LogP contribution < -0.4 is 31.4 Å². The first-order chi connectivity index (χ1) is 26.7. The SMILES string of the molecule is C=C(/C=C\C(=NC)OCCO)C(=O)NC.C=C1NCC([NH+]=C(N)CC)C2(C)C(O)C(NC(=O)c3cccc4c3OCCC4(C)C)CN12.CC.CC.CC.CCC. The van der Waals surface area contributed by atoms with E-state index in [0.29, 0.717) is 54.7 Å². The van der Waals surface area contributed by atoms with Gasteiger partial charge in [0.25, 0.3) is 5.91 Å². The van der Waals surface area contributed by atoms with E-state index in [1.54, 1.807) is 13.1 Å². The van der Waals surface area contributed by atoms with E-state index in [1.165, 1.54) is 25.6 Å². The number of amides is 2. The standard InChI is InChI=1S/C24H35N5O3.C10H16N2O3.C3H8.3C2H6/c1-6-19(25)28-18-12-26-14(2)29-13-17(21(30)24(18,29)5)27-22(31)15-8-7-9-16-20(15)32-11-10-23(16,3)4;1-8(10(14)12-3)4-5-9(11-2)15-7-6-13;1-3-2;3*1-2/h7-9,17-18,21,26,30H,2,6,10-13H2,1,3-5H3,(H2,25,28)(H,27,31);4-5,13H,1,6-7H2,2-3H3,(H,12,14);3H2,1-2H3;3*1-2H3/p+1/b;5-4-,11-9?;;;;. The Morgan fingerprint density at radius 1 is 1.14 bits per heavy atom. The van der Waals surface area contributed by atoms with E-state index in [0.717, 1.165) is 17.8 Å². The maximum Gasteiger partial charge on any atom is 0.255 e. The summed E-state index contributed by atoms with van der Waals surface area (Å²) in [6, 6.07) is 5.10. The zero-order valence-corrected chi connectivity index (χ0v) is 37.2. The average Bonchev–Trinajstić information content (AvgIpc) is 3.47. The third kappa shape index (κ3) is 14.9. The van der Waals surface area contributed by atoms with E-state index in [2.05, 4.69) is 66.8 Å². The van der Waals surface area contributed by atoms with Gasteiger partial charge in [0.05, 0.1) is 37.2 Å². The highest BCUT2D eigenvalue weighted by atomic mass is 16.5. The molecule has 0 aromatic heterocycles. The molecular weight excluding hydrogens is 711 g/mol. The first kappa shape index (κ1) is 53.7. The number of nitrogens with two attached hydrogens (primary N) is 1. The number of carbonyl (C=O) groups excluding carboxylic acids is 2. The second-order valence-electron chi connectivity index (χ2n) is 13.2. The number of hydrogen-bond acceptors (Lipinski definition) is 9. The second-order valence-corrected chi connectivity index (χ2v) is 13.2. The Hall–Kier alpha value is -4.36. The maximum absolute atomic E-state index is 13.3. The lowest BCUT2D eigenvalue weighted by atomic mass is 9.79. The number of ether oxygens (including phenoxy) is 2. The Kier molecular flexibility index (Phi) is 27.0. The van der Waals surface area contributed by atoms with E-state index in [4.69, 9.17) is 20.3 Å². The van der Waals surface area contributed by atoms with Crippen LogP contribution in [0.2, 0.25) is 0 Å². The minimum absolute atomic E-state index is 0.0527. The molecule has 4 atom stereocenters. The molecule has 0 saturated carbocycles. The summed E-state index contributed by atoms with van der Waals surface area (Å²) in [5, 5.41) is 28.7. The van der Waals surface area contributed by atoms with Crippen molar-refractivity contribution < 1.29 is 34.3 Å². The van der Waals surface area contributed by atoms with Gasteiger partial charge in [-0.3, -0.25) is 25.3 Å². The van der Waals surface area contributed by atoms with E-state index < -0.39 is 17.7 Å². The number of aliphatic imine (C=N–C) groups is 1. The molecule has 13 nitrogen and oxygen atoms in total. The smallest absolute Gasteiger partial charge is 0.255 e. The molecule has 3 aliphatic rings. The highest BCUT2D eigenvalue weighted by Crippen LogP contribution is 2.41. The van der Waals surface area contributed by atoms with Gasteiger partial charge in [-0.05, 0) is 30.9 Å². The van der Waals surface area contributed by atoms with E-state index in [1.807, 2.05) is 72.4 Å². The van der Waals surface area contributed by atoms with Gasteiger partial charge < -0.3 is 40.5 Å². The molecule has 0 spiro atoms. The third-order valence-electron chi connectivity index (χ3n) is 9.01. The number of likely N-dealkylation sites (N-methyl/N-ethyl adjacent to an activating group) is 1. The summed E-state index contributed by atoms with van der Waals surface area (Å²) in [4.78, 5) is 33.6. The number of rotatable bonds is 9. The average molecular weight is 789 g/mol. The fourth-order valence-corrected chi connectivity index (χ4v) is 5.96. The van der Waals surface area contributed by atoms with Gasteiger partial charge in [-0.1, -0.05) is 108 Å². The Labute approximate surface area is 339 Å². The first-order valence-electron chi connectivity index (χ1n) is 20.3. The van der Waals surface area contributed by atoms with Crippen molar-refractivity contribution in [1.82, 2.24) is 20.9 Å². The van der Waals surface area contributed by atoms with Crippen molar-refractivity contribution >= 4 is 23.5 Å². The molecule has 3 aliphatic heterocycles. The Bertz CT molecular complexity index is 1440. The summed E-state index contributed by atoms with van der Waals surface area (Å²) in [7, 11) is 3.08. The third-order valence-corrected chi connectivity index (χ3v) is 9.01. The molecule has 3 heterocycles. The summed E-state index contributed by atoms with van der Waals surface area (Å²) in [6.45, 7) is 33.9. The molecule has 2 amide bonds. The van der Waals surface area contributed by atoms with E-state index in [-0.39, 0.29) is 36.5 Å². The summed E-state index contributed by atoms with van der Waals surface area (Å²) >= 11 is 0. The Morgan fingerprint density at radius 2 is 1.75 bits per heavy atom. The number of aliphatic hydroxyl groups is 2. The van der Waals surface area contributed by atoms with Gasteiger partial charge in [0.15, 0.2) is 0 Å². The number of fused-ring (bicyclic) bond motifs is 2. The van der Waals surface area contributed by atoms with Crippen LogP contribution in [0.1, 0.15) is 118 Å². The largest absolute Gasteiger partial charge is 0.492 e. The van der Waals surface area contributed by atoms with Crippen LogP contribution in [0.3, 0.4) is 0 Å². The predicted molar refractivity (Wildman–Crippen MR) is 232 cm³/mol. The van der Waals surface area contributed by atoms with Crippen molar-refractivity contribution in [2.24, 2.45) is 10.7 Å². The van der Waals surface area contributed by atoms with Gasteiger partial charge in [0, 0.05) is 44.3 Å². The van der Waals surface area contributed by atoms with Crippen LogP contribution in [-0.4, -0.2) is 109 Å². The quantitative estimate of drug-likeness (QED) is 0.0843. The van der Waals surface area contributed by atoms with Gasteiger partial charge in [-0.15, -0.1) is 0 Å². The normalized spacial score (nSPS) is 21.6. The molecular formula is C43H78N7O6+. The molecule has 8 N–H and O–H groups in total. The maximum atomic E-state index is 13.3. The molecule has 1 aromatic rings. The molecule has 56 heavy (non-hydrogen) atoms. The highest BCUT2D eigenvalue weighted by Gasteiger charge is 2.58. The lowest BCUT2D eigenvalue weighted by molar-refractivity contribution is -0.525. The Morgan fingerprint density at radius 3 is 2.29 bits per heavy atom. The number of hydrogen-bond donors (Lipinski definition) is 7. The van der Waals surface area contributed by atoms with Gasteiger partial charge in [-0.25, -0.2) is 0 Å². The lowest BCUT2D eigenvalue weighted by Gasteiger charge is -2.46. The van der Waals surface area contributed by atoms with Crippen molar-refractivity contribution in [1.29, 1.82) is 0 Å². The van der Waals surface area contributed by atoms with Crippen LogP contribution in [-0.2, 0) is 14.9 Å². The van der Waals surface area contributed by atoms with E-state index in [9.17, 15) is 14.7 Å². The van der Waals surface area contributed by atoms with Crippen LogP contribution in [0.5, 0.6) is 5.75 Å². The van der Waals surface area contributed by atoms with Crippen LogP contribution in [0.4, 0.5) is 0 Å². The van der Waals surface area contributed by atoms with Gasteiger partial charge in [0.1, 0.15) is 30.0 Å². The Balaban J connectivity index is 0. The van der Waals surface area contributed by atoms with Crippen LogP contribution in [0.15, 0.2) is 59.9 Å². The molecule has 4 unspecified atom stereocenters. The molecule has 0 aliphatic carbocycles. The zero-order chi connectivity index (χ0) is 43.6. The second kappa shape index (κ2) is 28.1. The fraction of sp³-hybridized carbons (Fsp3) is 0.628. The van der Waals surface area contributed by atoms with Crippen molar-refractivity contribution in [2.45, 2.75) is 131 Å². The number of nitrogens with one attached hydrogen (secondary N) is 4. The van der Waals surface area contributed by atoms with Crippen molar-refractivity contribution in [2.75, 3.05) is 47.0 Å². The number of nitrogens with zero attached hydrogens (tertiary/aromatic N) is 2. The summed E-state index contributed by atoms with van der Waals surface area (Å²) in [5.41, 5.74) is 7.21. The monoisotopic (exact) mass is 789 g/mol. The molecule has 320 valence electrons. The molecule has 4 rings (SSSR count). The minimum atomic E-state index is -0.815. The molecule has 2 saturated heterocycles. The number of para-hydroxylation sites is 1. The molecule has 0 bridgehead atoms. The van der Waals surface area contributed by atoms with Crippen molar-refractivity contribution in [3.63, 3.8) is 0 Å². The van der Waals surface area contributed by atoms with Crippen LogP contribution in [0.25, 0.3) is 0 Å². The fourth-order valence-electron chi connectivity index (χ4n) is 5.96. The summed E-state index contributed by atoms with van der Waals surface area (Å²) in [5.74, 6) is 1.89. The minimum Gasteiger partial charge on any atom is -0.492 e. The number of amidine groups is 1. The lowest BCUT2D eigenvalue weighted by Crippen LogP contribution is -2.92. The van der Waals surface area contributed by atoms with Crippen molar-refractivity contribution in [3.8, 4) is 5.75 Å². The predicted octanol–water partition coefficient (Wildman–Crippen LogP) is 3.95. The first-order valence-corrected chi connectivity index (χ1v) is 20.3. The van der Waals surface area contributed by atoms with Crippen molar-refractivity contribution in [3.05, 3.63) is 66.0 Å². The van der Waals surface area contributed by atoms with E-state index >= 15 is 0 Å². The molecule has 13 heteroatoms. The van der Waals surface area contributed by atoms with Crippen LogP contribution in [0, 0.1) is 0 Å². The molecule has 2 fully saturated rings. The summed E-state index contributed by atoms with van der Waals surface area (Å²) < 4.78 is 11.0. The van der Waals surface area contributed by atoms with Gasteiger partial charge >= 0.3 is 0 Å². The molecule has 0 radical (unpaired) electrons. The van der Waals surface area contributed by atoms with Gasteiger partial charge in [-0.2, -0.15) is 0 Å².